The molecular formula is C15H26N4O. The van der Waals surface area contributed by atoms with Crippen LogP contribution in [0.3, 0.4) is 0 Å². The second-order valence-electron chi connectivity index (χ2n) is 5.78. The molecular weight excluding hydrogens is 252 g/mol. The van der Waals surface area contributed by atoms with Crippen molar-refractivity contribution in [3.8, 4) is 0 Å². The molecule has 1 heterocycles. The summed E-state index contributed by atoms with van der Waals surface area (Å²) >= 11 is 0. The van der Waals surface area contributed by atoms with Crippen LogP contribution in [0.1, 0.15) is 37.9 Å². The van der Waals surface area contributed by atoms with Gasteiger partial charge in [-0.05, 0) is 33.6 Å². The van der Waals surface area contributed by atoms with Gasteiger partial charge in [0.2, 0.25) is 5.95 Å². The van der Waals surface area contributed by atoms with Crippen molar-refractivity contribution >= 4 is 5.95 Å². The number of anilines is 1. The van der Waals surface area contributed by atoms with Crippen molar-refractivity contribution in [2.24, 2.45) is 0 Å². The van der Waals surface area contributed by atoms with Crippen LogP contribution < -0.4 is 10.2 Å². The zero-order valence-corrected chi connectivity index (χ0v) is 13.0. The van der Waals surface area contributed by atoms with E-state index in [9.17, 15) is 0 Å². The van der Waals surface area contributed by atoms with Crippen LogP contribution in [0.5, 0.6) is 0 Å². The molecule has 5 nitrogen and oxygen atoms in total. The molecule has 1 aromatic heterocycles. The van der Waals surface area contributed by atoms with Crippen molar-refractivity contribution in [3.05, 3.63) is 17.5 Å². The zero-order valence-electron chi connectivity index (χ0n) is 13.0. The summed E-state index contributed by atoms with van der Waals surface area (Å²) in [6.07, 6.45) is 4.81. The lowest BCUT2D eigenvalue weighted by Gasteiger charge is -2.19. The Morgan fingerprint density at radius 2 is 2.20 bits per heavy atom. The summed E-state index contributed by atoms with van der Waals surface area (Å²) in [6.45, 7) is 8.51. The topological polar surface area (TPSA) is 50.3 Å². The van der Waals surface area contributed by atoms with E-state index in [0.717, 1.165) is 24.7 Å². The highest BCUT2D eigenvalue weighted by atomic mass is 16.5. The van der Waals surface area contributed by atoms with Crippen LogP contribution in [0.15, 0.2) is 6.20 Å². The Labute approximate surface area is 121 Å². The van der Waals surface area contributed by atoms with Gasteiger partial charge in [0.15, 0.2) is 0 Å². The third-order valence-electron chi connectivity index (χ3n) is 3.45. The molecule has 0 saturated heterocycles. The van der Waals surface area contributed by atoms with E-state index in [1.165, 1.54) is 18.4 Å². The Kier molecular flexibility index (Phi) is 5.31. The van der Waals surface area contributed by atoms with Gasteiger partial charge in [0.25, 0.3) is 0 Å². The average Bonchev–Trinajstić information content (AvgIpc) is 3.20. The molecule has 1 N–H and O–H groups in total. The van der Waals surface area contributed by atoms with Crippen LogP contribution in [0.4, 0.5) is 5.95 Å². The van der Waals surface area contributed by atoms with Gasteiger partial charge in [0.05, 0.1) is 12.7 Å². The van der Waals surface area contributed by atoms with E-state index in [4.69, 9.17) is 4.74 Å². The van der Waals surface area contributed by atoms with E-state index >= 15 is 0 Å². The first-order chi connectivity index (χ1) is 9.56. The normalized spacial score (nSPS) is 14.8. The number of nitrogens with one attached hydrogen (secondary N) is 1. The summed E-state index contributed by atoms with van der Waals surface area (Å²) in [5.74, 6) is 0.769. The van der Waals surface area contributed by atoms with E-state index in [2.05, 4.69) is 15.3 Å². The zero-order chi connectivity index (χ0) is 14.5. The molecule has 0 radical (unpaired) electrons. The third-order valence-corrected chi connectivity index (χ3v) is 3.45. The van der Waals surface area contributed by atoms with E-state index in [0.29, 0.717) is 12.6 Å². The lowest BCUT2D eigenvalue weighted by molar-refractivity contribution is 0.0844. The predicted octanol–water partition coefficient (Wildman–Crippen LogP) is 1.90. The second-order valence-corrected chi connectivity index (χ2v) is 5.78. The van der Waals surface area contributed by atoms with Crippen LogP contribution in [-0.4, -0.2) is 42.3 Å². The van der Waals surface area contributed by atoms with Crippen LogP contribution in [0.2, 0.25) is 0 Å². The number of likely N-dealkylation sites (N-methyl/N-ethyl adjacent to an activating group) is 1. The van der Waals surface area contributed by atoms with Crippen molar-refractivity contribution < 1.29 is 4.74 Å². The van der Waals surface area contributed by atoms with Crippen LogP contribution in [-0.2, 0) is 11.3 Å². The van der Waals surface area contributed by atoms with Gasteiger partial charge >= 0.3 is 0 Å². The molecule has 20 heavy (non-hydrogen) atoms. The summed E-state index contributed by atoms with van der Waals surface area (Å²) in [5.41, 5.74) is 2.24. The molecule has 1 aromatic rings. The highest BCUT2D eigenvalue weighted by Gasteiger charge is 2.20. The largest absolute Gasteiger partial charge is 0.377 e. The summed E-state index contributed by atoms with van der Waals surface area (Å²) in [6, 6.07) is 0.713. The van der Waals surface area contributed by atoms with Gasteiger partial charge in [-0.1, -0.05) is 0 Å². The number of ether oxygens (including phenoxy) is 1. The van der Waals surface area contributed by atoms with Crippen LogP contribution >= 0.6 is 0 Å². The van der Waals surface area contributed by atoms with Gasteiger partial charge in [-0.2, -0.15) is 0 Å². The lowest BCUT2D eigenvalue weighted by Crippen LogP contribution is -2.26. The van der Waals surface area contributed by atoms with Crippen molar-refractivity contribution in [3.63, 3.8) is 0 Å². The lowest BCUT2D eigenvalue weighted by atomic mass is 10.2. The number of aromatic nitrogens is 2. The molecule has 5 heteroatoms. The highest BCUT2D eigenvalue weighted by molar-refractivity contribution is 5.31. The minimum atomic E-state index is 0.266. The molecule has 0 aromatic carbocycles. The Hall–Kier alpha value is -1.20. The molecule has 1 aliphatic rings. The number of aryl methyl sites for hydroxylation is 1. The predicted molar refractivity (Wildman–Crippen MR) is 81.0 cm³/mol. The minimum absolute atomic E-state index is 0.266. The monoisotopic (exact) mass is 278 g/mol. The minimum Gasteiger partial charge on any atom is -0.377 e. The molecule has 0 amide bonds. The van der Waals surface area contributed by atoms with Gasteiger partial charge in [-0.15, -0.1) is 0 Å². The van der Waals surface area contributed by atoms with E-state index in [-0.39, 0.29) is 6.10 Å². The first-order valence-electron chi connectivity index (χ1n) is 7.45. The maximum Gasteiger partial charge on any atom is 0.225 e. The van der Waals surface area contributed by atoms with Crippen LogP contribution in [0.25, 0.3) is 0 Å². The van der Waals surface area contributed by atoms with Crippen molar-refractivity contribution in [2.75, 3.05) is 25.1 Å². The quantitative estimate of drug-likeness (QED) is 0.787. The molecule has 1 aliphatic carbocycles. The van der Waals surface area contributed by atoms with E-state index < -0.39 is 0 Å². The van der Waals surface area contributed by atoms with Crippen molar-refractivity contribution in [1.82, 2.24) is 15.3 Å². The summed E-state index contributed by atoms with van der Waals surface area (Å²) in [7, 11) is 2.00. The Bertz CT molecular complexity index is 432. The van der Waals surface area contributed by atoms with Gasteiger partial charge in [0, 0.05) is 43.6 Å². The number of hydrogen-bond donors (Lipinski definition) is 1. The summed E-state index contributed by atoms with van der Waals surface area (Å²) < 4.78 is 5.55. The third kappa shape index (κ3) is 4.72. The van der Waals surface area contributed by atoms with Gasteiger partial charge in [-0.3, -0.25) is 0 Å². The number of hydrogen-bond acceptors (Lipinski definition) is 5. The average molecular weight is 278 g/mol. The molecule has 112 valence electrons. The Balaban J connectivity index is 1.86. The van der Waals surface area contributed by atoms with Crippen LogP contribution in [0, 0.1) is 6.92 Å². The summed E-state index contributed by atoms with van der Waals surface area (Å²) in [4.78, 5) is 11.1. The van der Waals surface area contributed by atoms with Gasteiger partial charge < -0.3 is 15.0 Å². The van der Waals surface area contributed by atoms with Crippen molar-refractivity contribution in [1.29, 1.82) is 0 Å². The highest BCUT2D eigenvalue weighted by Crippen LogP contribution is 2.19. The molecule has 0 spiro atoms. The molecule has 1 saturated carbocycles. The van der Waals surface area contributed by atoms with E-state index in [1.54, 1.807) is 0 Å². The standard InChI is InChI=1S/C15H26N4O/c1-11(2)20-8-7-19(4)15-17-10-13(12(3)18-15)9-16-14-5-6-14/h10-11,14,16H,5-9H2,1-4H3. The molecule has 0 aliphatic heterocycles. The smallest absolute Gasteiger partial charge is 0.225 e. The molecule has 0 unspecified atom stereocenters. The fourth-order valence-electron chi connectivity index (χ4n) is 1.90. The van der Waals surface area contributed by atoms with Gasteiger partial charge in [0.1, 0.15) is 0 Å². The molecule has 0 bridgehead atoms. The molecule has 2 rings (SSSR count). The Morgan fingerprint density at radius 1 is 1.45 bits per heavy atom. The van der Waals surface area contributed by atoms with Crippen molar-refractivity contribution in [2.45, 2.75) is 52.3 Å². The first kappa shape index (κ1) is 15.2. The fraction of sp³-hybridized carbons (Fsp3) is 0.733. The first-order valence-corrected chi connectivity index (χ1v) is 7.45. The molecule has 1 fully saturated rings. The second kappa shape index (κ2) is 6.99. The maximum absolute atomic E-state index is 5.55. The van der Waals surface area contributed by atoms with Gasteiger partial charge in [-0.25, -0.2) is 9.97 Å². The Morgan fingerprint density at radius 3 is 2.80 bits per heavy atom. The SMILES string of the molecule is Cc1nc(N(C)CCOC(C)C)ncc1CNC1CC1. The number of rotatable bonds is 8. The van der Waals surface area contributed by atoms with E-state index in [1.807, 2.05) is 38.9 Å². The number of nitrogens with zero attached hydrogens (tertiary/aromatic N) is 3. The summed E-state index contributed by atoms with van der Waals surface area (Å²) in [5, 5.41) is 3.50. The fourth-order valence-corrected chi connectivity index (χ4v) is 1.90. The molecule has 0 atom stereocenters. The maximum atomic E-state index is 5.55.